The molecule has 0 aliphatic carbocycles. The molecule has 0 fully saturated rings. The topological polar surface area (TPSA) is 84.7 Å². The number of benzene rings is 2. The van der Waals surface area contributed by atoms with Crippen molar-refractivity contribution in [3.05, 3.63) is 77.1 Å². The predicted octanol–water partition coefficient (Wildman–Crippen LogP) is 2.89. The fourth-order valence-corrected chi connectivity index (χ4v) is 3.59. The maximum atomic E-state index is 13.0. The number of anilines is 1. The molecule has 0 saturated heterocycles. The first-order valence-corrected chi connectivity index (χ1v) is 9.87. The van der Waals surface area contributed by atoms with E-state index in [2.05, 4.69) is 5.10 Å². The Morgan fingerprint density at radius 2 is 1.77 bits per heavy atom. The van der Waals surface area contributed by atoms with Crippen LogP contribution in [0, 0.1) is 0 Å². The van der Waals surface area contributed by atoms with E-state index >= 15 is 0 Å². The standard InChI is InChI=1S/C23H22N4O4/c1-4-31-18-8-6-17(7-9-18)27-22(29)19-10-5-16(11-20(19)23(27)30)21(28)25(2)13-15-12-24-26(3)14-15/h5-12,14H,4,13H2,1-3H3. The first-order valence-electron chi connectivity index (χ1n) is 9.87. The van der Waals surface area contributed by atoms with Crippen LogP contribution >= 0.6 is 0 Å². The van der Waals surface area contributed by atoms with E-state index in [-0.39, 0.29) is 17.0 Å². The molecule has 0 atom stereocenters. The highest BCUT2D eigenvalue weighted by molar-refractivity contribution is 6.34. The Morgan fingerprint density at radius 3 is 2.42 bits per heavy atom. The van der Waals surface area contributed by atoms with Crippen molar-refractivity contribution in [3.8, 4) is 5.75 Å². The monoisotopic (exact) mass is 418 g/mol. The Labute approximate surface area is 179 Å². The van der Waals surface area contributed by atoms with Crippen molar-refractivity contribution in [2.24, 2.45) is 7.05 Å². The number of rotatable bonds is 6. The number of hydrogen-bond acceptors (Lipinski definition) is 5. The second-order valence-corrected chi connectivity index (χ2v) is 7.32. The molecule has 0 spiro atoms. The third-order valence-corrected chi connectivity index (χ3v) is 5.06. The van der Waals surface area contributed by atoms with Crippen LogP contribution in [0.25, 0.3) is 0 Å². The molecule has 2 heterocycles. The molecule has 1 aromatic heterocycles. The van der Waals surface area contributed by atoms with Gasteiger partial charge in [0.05, 0.1) is 29.6 Å². The van der Waals surface area contributed by atoms with Crippen molar-refractivity contribution < 1.29 is 19.1 Å². The maximum Gasteiger partial charge on any atom is 0.266 e. The SMILES string of the molecule is CCOc1ccc(N2C(=O)c3ccc(C(=O)N(C)Cc4cnn(C)c4)cc3C2=O)cc1. The van der Waals surface area contributed by atoms with E-state index in [1.807, 2.05) is 20.2 Å². The van der Waals surface area contributed by atoms with Gasteiger partial charge in [-0.1, -0.05) is 0 Å². The zero-order chi connectivity index (χ0) is 22.1. The minimum absolute atomic E-state index is 0.222. The molecular weight excluding hydrogens is 396 g/mol. The summed E-state index contributed by atoms with van der Waals surface area (Å²) in [5.74, 6) is -0.445. The second kappa shape index (κ2) is 8.06. The van der Waals surface area contributed by atoms with Crippen LogP contribution in [-0.4, -0.2) is 46.1 Å². The van der Waals surface area contributed by atoms with Gasteiger partial charge in [0.1, 0.15) is 5.75 Å². The van der Waals surface area contributed by atoms with Crippen LogP contribution in [0.2, 0.25) is 0 Å². The van der Waals surface area contributed by atoms with Gasteiger partial charge in [-0.25, -0.2) is 4.90 Å². The summed E-state index contributed by atoms with van der Waals surface area (Å²) in [6.07, 6.45) is 3.53. The Kier molecular flexibility index (Phi) is 5.29. The van der Waals surface area contributed by atoms with Crippen molar-refractivity contribution in [2.45, 2.75) is 13.5 Å². The molecule has 0 saturated carbocycles. The van der Waals surface area contributed by atoms with Crippen LogP contribution in [0.15, 0.2) is 54.9 Å². The van der Waals surface area contributed by atoms with E-state index in [4.69, 9.17) is 4.74 Å². The lowest BCUT2D eigenvalue weighted by atomic mass is 10.0. The number of ether oxygens (including phenoxy) is 1. The van der Waals surface area contributed by atoms with E-state index in [1.54, 1.807) is 53.2 Å². The molecule has 3 aromatic rings. The Hall–Kier alpha value is -3.94. The number of aryl methyl sites for hydroxylation is 1. The molecule has 0 bridgehead atoms. The Balaban J connectivity index is 1.56. The van der Waals surface area contributed by atoms with Crippen molar-refractivity contribution in [2.75, 3.05) is 18.6 Å². The van der Waals surface area contributed by atoms with E-state index in [0.29, 0.717) is 30.2 Å². The lowest BCUT2D eigenvalue weighted by molar-refractivity contribution is 0.0784. The average molecular weight is 418 g/mol. The molecule has 1 aliphatic rings. The van der Waals surface area contributed by atoms with Crippen molar-refractivity contribution >= 4 is 23.4 Å². The van der Waals surface area contributed by atoms with Gasteiger partial charge >= 0.3 is 0 Å². The summed E-state index contributed by atoms with van der Waals surface area (Å²) < 4.78 is 7.08. The minimum Gasteiger partial charge on any atom is -0.494 e. The lowest BCUT2D eigenvalue weighted by Gasteiger charge is -2.16. The summed E-state index contributed by atoms with van der Waals surface area (Å²) in [6, 6.07) is 11.4. The van der Waals surface area contributed by atoms with Gasteiger partial charge < -0.3 is 9.64 Å². The van der Waals surface area contributed by atoms with Gasteiger partial charge in [-0.3, -0.25) is 19.1 Å². The van der Waals surface area contributed by atoms with Gasteiger partial charge in [-0.2, -0.15) is 5.10 Å². The van der Waals surface area contributed by atoms with Crippen LogP contribution in [0.3, 0.4) is 0 Å². The molecule has 0 unspecified atom stereocenters. The zero-order valence-electron chi connectivity index (χ0n) is 17.5. The van der Waals surface area contributed by atoms with Gasteiger partial charge in [-0.05, 0) is 49.4 Å². The van der Waals surface area contributed by atoms with Crippen LogP contribution in [0.4, 0.5) is 5.69 Å². The van der Waals surface area contributed by atoms with Crippen molar-refractivity contribution in [1.29, 1.82) is 0 Å². The first-order chi connectivity index (χ1) is 14.9. The molecule has 158 valence electrons. The summed E-state index contributed by atoms with van der Waals surface area (Å²) in [7, 11) is 3.49. The number of fused-ring (bicyclic) bond motifs is 1. The molecule has 8 heteroatoms. The zero-order valence-corrected chi connectivity index (χ0v) is 17.5. The molecule has 0 N–H and O–H groups in total. The molecule has 1 aliphatic heterocycles. The van der Waals surface area contributed by atoms with Crippen LogP contribution in [0.1, 0.15) is 43.6 Å². The number of nitrogens with zero attached hydrogens (tertiary/aromatic N) is 4. The number of amides is 3. The molecule has 2 aromatic carbocycles. The van der Waals surface area contributed by atoms with E-state index in [9.17, 15) is 14.4 Å². The second-order valence-electron chi connectivity index (χ2n) is 7.32. The van der Waals surface area contributed by atoms with Crippen LogP contribution in [-0.2, 0) is 13.6 Å². The predicted molar refractivity (Wildman–Crippen MR) is 114 cm³/mol. The Morgan fingerprint density at radius 1 is 1.06 bits per heavy atom. The maximum absolute atomic E-state index is 13.0. The molecule has 31 heavy (non-hydrogen) atoms. The fraction of sp³-hybridized carbons (Fsp3) is 0.217. The summed E-state index contributed by atoms with van der Waals surface area (Å²) in [5.41, 5.74) is 2.20. The highest BCUT2D eigenvalue weighted by Crippen LogP contribution is 2.30. The summed E-state index contributed by atoms with van der Waals surface area (Å²) >= 11 is 0. The number of carbonyl (C=O) groups is 3. The number of carbonyl (C=O) groups excluding carboxylic acids is 3. The van der Waals surface area contributed by atoms with Crippen LogP contribution < -0.4 is 9.64 Å². The highest BCUT2D eigenvalue weighted by atomic mass is 16.5. The molecule has 4 rings (SSSR count). The minimum atomic E-state index is -0.450. The number of imide groups is 1. The van der Waals surface area contributed by atoms with Gasteiger partial charge in [0.25, 0.3) is 17.7 Å². The molecule has 0 radical (unpaired) electrons. The lowest BCUT2D eigenvalue weighted by Crippen LogP contribution is -2.29. The highest BCUT2D eigenvalue weighted by Gasteiger charge is 2.37. The normalized spacial score (nSPS) is 12.8. The van der Waals surface area contributed by atoms with Gasteiger partial charge in [0.2, 0.25) is 0 Å². The number of aromatic nitrogens is 2. The van der Waals surface area contributed by atoms with Crippen LogP contribution in [0.5, 0.6) is 5.75 Å². The van der Waals surface area contributed by atoms with Crippen molar-refractivity contribution in [1.82, 2.24) is 14.7 Å². The molecule has 3 amide bonds. The summed E-state index contributed by atoms with van der Waals surface area (Å²) in [5, 5.41) is 4.10. The Bertz CT molecular complexity index is 1170. The summed E-state index contributed by atoms with van der Waals surface area (Å²) in [4.78, 5) is 41.4. The van der Waals surface area contributed by atoms with E-state index in [1.165, 1.54) is 12.1 Å². The fourth-order valence-electron chi connectivity index (χ4n) is 3.59. The first kappa shape index (κ1) is 20.3. The van der Waals surface area contributed by atoms with Gasteiger partial charge in [0, 0.05) is 38.0 Å². The largest absolute Gasteiger partial charge is 0.494 e. The van der Waals surface area contributed by atoms with Crippen molar-refractivity contribution in [3.63, 3.8) is 0 Å². The third kappa shape index (κ3) is 3.79. The van der Waals surface area contributed by atoms with E-state index < -0.39 is 11.8 Å². The summed E-state index contributed by atoms with van der Waals surface area (Å²) in [6.45, 7) is 2.79. The number of hydrogen-bond donors (Lipinski definition) is 0. The average Bonchev–Trinajstić information content (AvgIpc) is 3.28. The quantitative estimate of drug-likeness (QED) is 0.575. The van der Waals surface area contributed by atoms with Gasteiger partial charge in [-0.15, -0.1) is 0 Å². The van der Waals surface area contributed by atoms with Gasteiger partial charge in [0.15, 0.2) is 0 Å². The van der Waals surface area contributed by atoms with E-state index in [0.717, 1.165) is 10.5 Å². The smallest absolute Gasteiger partial charge is 0.266 e. The third-order valence-electron chi connectivity index (χ3n) is 5.06. The molecular formula is C23H22N4O4. The molecule has 8 nitrogen and oxygen atoms in total.